The molecule has 0 spiro atoms. The summed E-state index contributed by atoms with van der Waals surface area (Å²) in [6, 6.07) is 9.71. The van der Waals surface area contributed by atoms with Gasteiger partial charge in [-0.15, -0.1) is 12.4 Å². The Kier molecular flexibility index (Phi) is 8.19. The highest BCUT2D eigenvalue weighted by Crippen LogP contribution is 2.11. The molecule has 0 saturated carbocycles. The van der Waals surface area contributed by atoms with E-state index >= 15 is 0 Å². The molecule has 108 valence electrons. The molecule has 1 amide bonds. The molecule has 1 aromatic carbocycles. The zero-order chi connectivity index (χ0) is 13.5. The van der Waals surface area contributed by atoms with E-state index in [2.05, 4.69) is 24.5 Å². The van der Waals surface area contributed by atoms with Gasteiger partial charge in [0.05, 0.1) is 6.04 Å². The largest absolute Gasteiger partial charge is 0.380 e. The average molecular weight is 286 g/mol. The molecule has 2 atom stereocenters. The maximum absolute atomic E-state index is 11.5. The van der Waals surface area contributed by atoms with E-state index in [1.807, 2.05) is 30.3 Å². The first-order valence-corrected chi connectivity index (χ1v) is 6.35. The van der Waals surface area contributed by atoms with Gasteiger partial charge in [-0.25, -0.2) is 0 Å². The normalized spacial score (nSPS) is 13.3. The van der Waals surface area contributed by atoms with Crippen LogP contribution in [0.5, 0.6) is 0 Å². The van der Waals surface area contributed by atoms with E-state index in [1.54, 1.807) is 6.92 Å². The summed E-state index contributed by atoms with van der Waals surface area (Å²) in [6.45, 7) is 6.51. The number of carbonyl (C=O) groups is 1. The van der Waals surface area contributed by atoms with Gasteiger partial charge in [-0.1, -0.05) is 32.0 Å². The maximum atomic E-state index is 11.5. The first-order chi connectivity index (χ1) is 8.50. The molecule has 0 bridgehead atoms. The Morgan fingerprint density at radius 1 is 1.21 bits per heavy atom. The highest BCUT2D eigenvalue weighted by Gasteiger charge is 2.15. The van der Waals surface area contributed by atoms with Crippen LogP contribution in [0.25, 0.3) is 0 Å². The molecule has 2 unspecified atom stereocenters. The van der Waals surface area contributed by atoms with Crippen molar-refractivity contribution in [3.8, 4) is 0 Å². The lowest BCUT2D eigenvalue weighted by atomic mass is 10.0. The fourth-order valence-corrected chi connectivity index (χ4v) is 1.57. The standard InChI is InChI=1S/C14H23N3O.ClH/c1-10(2)13(9-16-14(18)11(3)15)17-12-7-5-4-6-8-12;/h4-8,10-11,13,17H,9,15H2,1-3H3,(H,16,18);1H. The molecule has 4 N–H and O–H groups in total. The number of halogens is 1. The number of nitrogens with two attached hydrogens (primary N) is 1. The van der Waals surface area contributed by atoms with Crippen LogP contribution in [0.2, 0.25) is 0 Å². The zero-order valence-corrected chi connectivity index (χ0v) is 12.5. The van der Waals surface area contributed by atoms with Gasteiger partial charge in [-0.05, 0) is 25.0 Å². The molecule has 0 aliphatic heterocycles. The van der Waals surface area contributed by atoms with Crippen molar-refractivity contribution in [3.05, 3.63) is 30.3 Å². The lowest BCUT2D eigenvalue weighted by Crippen LogP contribution is -2.45. The van der Waals surface area contributed by atoms with Crippen molar-refractivity contribution in [3.63, 3.8) is 0 Å². The van der Waals surface area contributed by atoms with E-state index in [9.17, 15) is 4.79 Å². The number of nitrogens with one attached hydrogen (secondary N) is 2. The second-order valence-electron chi connectivity index (χ2n) is 4.89. The summed E-state index contributed by atoms with van der Waals surface area (Å²) in [5, 5.41) is 6.27. The molecule has 0 heterocycles. The van der Waals surface area contributed by atoms with Gasteiger partial charge in [-0.2, -0.15) is 0 Å². The van der Waals surface area contributed by atoms with E-state index in [0.717, 1.165) is 5.69 Å². The van der Waals surface area contributed by atoms with Crippen LogP contribution in [0.4, 0.5) is 5.69 Å². The Balaban J connectivity index is 0.00000324. The molecule has 0 saturated heterocycles. The molecule has 0 aliphatic rings. The van der Waals surface area contributed by atoms with E-state index in [4.69, 9.17) is 5.73 Å². The first kappa shape index (κ1) is 17.7. The smallest absolute Gasteiger partial charge is 0.236 e. The summed E-state index contributed by atoms with van der Waals surface area (Å²) in [6.07, 6.45) is 0. The lowest BCUT2D eigenvalue weighted by molar-refractivity contribution is -0.122. The van der Waals surface area contributed by atoms with Gasteiger partial charge in [0.15, 0.2) is 0 Å². The number of para-hydroxylation sites is 1. The third-order valence-electron chi connectivity index (χ3n) is 2.84. The molecule has 0 radical (unpaired) electrons. The first-order valence-electron chi connectivity index (χ1n) is 6.35. The Labute approximate surface area is 121 Å². The van der Waals surface area contributed by atoms with E-state index in [1.165, 1.54) is 0 Å². The molecule has 0 aliphatic carbocycles. The highest BCUT2D eigenvalue weighted by molar-refractivity contribution is 5.85. The fourth-order valence-electron chi connectivity index (χ4n) is 1.57. The number of anilines is 1. The molecule has 19 heavy (non-hydrogen) atoms. The van der Waals surface area contributed by atoms with Crippen molar-refractivity contribution in [2.24, 2.45) is 11.7 Å². The second kappa shape index (κ2) is 8.77. The summed E-state index contributed by atoms with van der Waals surface area (Å²) >= 11 is 0. The van der Waals surface area contributed by atoms with Crippen LogP contribution in [0, 0.1) is 5.92 Å². The zero-order valence-electron chi connectivity index (χ0n) is 11.7. The third-order valence-corrected chi connectivity index (χ3v) is 2.84. The van der Waals surface area contributed by atoms with Crippen molar-refractivity contribution in [1.82, 2.24) is 5.32 Å². The second-order valence-corrected chi connectivity index (χ2v) is 4.89. The molecule has 1 rings (SSSR count). The van der Waals surface area contributed by atoms with Crippen molar-refractivity contribution in [2.75, 3.05) is 11.9 Å². The minimum Gasteiger partial charge on any atom is -0.380 e. The van der Waals surface area contributed by atoms with Crippen molar-refractivity contribution in [1.29, 1.82) is 0 Å². The summed E-state index contributed by atoms with van der Waals surface area (Å²) in [5.41, 5.74) is 6.58. The van der Waals surface area contributed by atoms with Gasteiger partial charge >= 0.3 is 0 Å². The van der Waals surface area contributed by atoms with E-state index < -0.39 is 6.04 Å². The molecular formula is C14H24ClN3O. The number of amides is 1. The van der Waals surface area contributed by atoms with Crippen molar-refractivity contribution in [2.45, 2.75) is 32.9 Å². The highest BCUT2D eigenvalue weighted by atomic mass is 35.5. The molecule has 0 aromatic heterocycles. The van der Waals surface area contributed by atoms with Crippen LogP contribution in [-0.2, 0) is 4.79 Å². The number of carbonyl (C=O) groups excluding carboxylic acids is 1. The van der Waals surface area contributed by atoms with Gasteiger partial charge in [0.1, 0.15) is 0 Å². The SMILES string of the molecule is CC(N)C(=O)NCC(Nc1ccccc1)C(C)C.Cl. The van der Waals surface area contributed by atoms with Crippen LogP contribution >= 0.6 is 12.4 Å². The van der Waals surface area contributed by atoms with Gasteiger partial charge in [0.25, 0.3) is 0 Å². The van der Waals surface area contributed by atoms with Crippen LogP contribution in [0.3, 0.4) is 0 Å². The monoisotopic (exact) mass is 285 g/mol. The molecule has 4 nitrogen and oxygen atoms in total. The lowest BCUT2D eigenvalue weighted by Gasteiger charge is -2.24. The Bertz CT molecular complexity index is 368. The molecule has 1 aromatic rings. The predicted molar refractivity (Wildman–Crippen MR) is 82.6 cm³/mol. The average Bonchev–Trinajstić information content (AvgIpc) is 2.34. The van der Waals surface area contributed by atoms with Gasteiger partial charge in [0, 0.05) is 18.3 Å². The van der Waals surface area contributed by atoms with Crippen LogP contribution < -0.4 is 16.4 Å². The predicted octanol–water partition coefficient (Wildman–Crippen LogP) is 2.01. The van der Waals surface area contributed by atoms with Gasteiger partial charge < -0.3 is 16.4 Å². The summed E-state index contributed by atoms with van der Waals surface area (Å²) in [7, 11) is 0. The summed E-state index contributed by atoms with van der Waals surface area (Å²) in [4.78, 5) is 11.5. The minimum absolute atomic E-state index is 0. The number of hydrogen-bond acceptors (Lipinski definition) is 3. The summed E-state index contributed by atoms with van der Waals surface area (Å²) in [5.74, 6) is 0.300. The van der Waals surface area contributed by atoms with Crippen LogP contribution in [0.15, 0.2) is 30.3 Å². The van der Waals surface area contributed by atoms with Crippen molar-refractivity contribution >= 4 is 24.0 Å². The maximum Gasteiger partial charge on any atom is 0.236 e. The Morgan fingerprint density at radius 3 is 2.26 bits per heavy atom. The fraction of sp³-hybridized carbons (Fsp3) is 0.500. The van der Waals surface area contributed by atoms with Crippen LogP contribution in [-0.4, -0.2) is 24.5 Å². The van der Waals surface area contributed by atoms with Crippen LogP contribution in [0.1, 0.15) is 20.8 Å². The quantitative estimate of drug-likeness (QED) is 0.749. The van der Waals surface area contributed by atoms with Crippen molar-refractivity contribution < 1.29 is 4.79 Å². The van der Waals surface area contributed by atoms with Gasteiger partial charge in [-0.3, -0.25) is 4.79 Å². The number of rotatable bonds is 6. The summed E-state index contributed by atoms with van der Waals surface area (Å²) < 4.78 is 0. The topological polar surface area (TPSA) is 67.2 Å². The number of benzene rings is 1. The van der Waals surface area contributed by atoms with E-state index in [0.29, 0.717) is 12.5 Å². The Morgan fingerprint density at radius 2 is 1.79 bits per heavy atom. The molecule has 0 fully saturated rings. The third kappa shape index (κ3) is 6.45. The Hall–Kier alpha value is -1.26. The molecular weight excluding hydrogens is 262 g/mol. The van der Waals surface area contributed by atoms with Gasteiger partial charge in [0.2, 0.25) is 5.91 Å². The van der Waals surface area contributed by atoms with E-state index in [-0.39, 0.29) is 24.4 Å². The minimum atomic E-state index is -0.463. The number of hydrogen-bond donors (Lipinski definition) is 3. The molecule has 5 heteroatoms.